The first kappa shape index (κ1) is 43.8. The molecule has 2 nitrogen and oxygen atoms in total. The molecule has 1 heterocycles. The SMILES string of the molecule is C[Si](C)(C)C12c3cc4cc(N(c5ccccc5)c5ccc(C6CCCCC6)cc5)ccc4cc3-c3c1c1c(cc(N(c4ccccc4)c4ccc(C5CCCCC5)cc4)cc1c1ccccc31)[Si]2(C)C. The average Bonchev–Trinajstić information content (AvgIpc) is 3.83. The summed E-state index contributed by atoms with van der Waals surface area (Å²) in [7, 11) is -4.47. The van der Waals surface area contributed by atoms with Gasteiger partial charge in [0.15, 0.2) is 0 Å². The summed E-state index contributed by atoms with van der Waals surface area (Å²) < 4.78 is -0.0363. The fourth-order valence-electron chi connectivity index (χ4n) is 14.9. The molecule has 3 aliphatic carbocycles. The van der Waals surface area contributed by atoms with E-state index >= 15 is 0 Å². The molecule has 9 aromatic carbocycles. The second kappa shape index (κ2) is 16.7. The van der Waals surface area contributed by atoms with E-state index in [1.54, 1.807) is 21.7 Å². The van der Waals surface area contributed by atoms with Crippen LogP contribution in [0.1, 0.15) is 98.3 Å². The van der Waals surface area contributed by atoms with Crippen LogP contribution in [-0.4, -0.2) is 16.1 Å². The van der Waals surface area contributed by atoms with Gasteiger partial charge in [-0.05, 0) is 187 Å². The second-order valence-electron chi connectivity index (χ2n) is 23.0. The van der Waals surface area contributed by atoms with E-state index in [1.807, 2.05) is 0 Å². The average molecular weight is 943 g/mol. The molecule has 348 valence electrons. The van der Waals surface area contributed by atoms with E-state index in [2.05, 4.69) is 218 Å². The molecule has 0 spiro atoms. The Labute approximate surface area is 418 Å². The minimum atomic E-state index is -2.39. The van der Waals surface area contributed by atoms with Crippen LogP contribution in [0.3, 0.4) is 0 Å². The molecule has 2 fully saturated rings. The molecule has 9 aromatic rings. The summed E-state index contributed by atoms with van der Waals surface area (Å²) >= 11 is 0. The Balaban J connectivity index is 1.00. The molecule has 4 aliphatic rings. The molecule has 0 saturated heterocycles. The highest BCUT2D eigenvalue weighted by Gasteiger charge is 2.66. The molecule has 70 heavy (non-hydrogen) atoms. The summed E-state index contributed by atoms with van der Waals surface area (Å²) in [5.74, 6) is 1.36. The second-order valence-corrected chi connectivity index (χ2v) is 33.2. The monoisotopic (exact) mass is 942 g/mol. The smallest absolute Gasteiger partial charge is 0.0942 e. The predicted octanol–water partition coefficient (Wildman–Crippen LogP) is 18.8. The number of rotatable bonds is 9. The quantitative estimate of drug-likeness (QED) is 0.105. The van der Waals surface area contributed by atoms with Gasteiger partial charge in [0, 0.05) is 38.8 Å². The van der Waals surface area contributed by atoms with Crippen molar-refractivity contribution in [3.8, 4) is 11.1 Å². The summed E-state index contributed by atoms with van der Waals surface area (Å²) in [5.41, 5.74) is 16.5. The number of para-hydroxylation sites is 2. The first-order valence-electron chi connectivity index (χ1n) is 26.6. The van der Waals surface area contributed by atoms with Gasteiger partial charge in [-0.2, -0.15) is 0 Å². The van der Waals surface area contributed by atoms with E-state index in [0.717, 1.165) is 0 Å². The maximum absolute atomic E-state index is 2.74. The third kappa shape index (κ3) is 6.62. The van der Waals surface area contributed by atoms with Gasteiger partial charge in [-0.25, -0.2) is 0 Å². The lowest BCUT2D eigenvalue weighted by Gasteiger charge is -2.49. The van der Waals surface area contributed by atoms with Crippen LogP contribution < -0.4 is 15.0 Å². The van der Waals surface area contributed by atoms with Crippen LogP contribution in [-0.2, 0) is 4.66 Å². The Morgan fingerprint density at radius 2 is 0.943 bits per heavy atom. The van der Waals surface area contributed by atoms with Gasteiger partial charge >= 0.3 is 0 Å². The van der Waals surface area contributed by atoms with Crippen molar-refractivity contribution in [1.29, 1.82) is 0 Å². The number of fused-ring (bicyclic) bond motifs is 7. The van der Waals surface area contributed by atoms with Gasteiger partial charge in [-0.3, -0.25) is 0 Å². The number of anilines is 6. The Morgan fingerprint density at radius 3 is 1.50 bits per heavy atom. The molecule has 0 aromatic heterocycles. The van der Waals surface area contributed by atoms with E-state index < -0.39 is 16.1 Å². The van der Waals surface area contributed by atoms with Crippen molar-refractivity contribution in [3.63, 3.8) is 0 Å². The molecule has 0 N–H and O–H groups in total. The number of hydrogen-bond acceptors (Lipinski definition) is 2. The lowest BCUT2D eigenvalue weighted by Crippen LogP contribution is -2.66. The molecule has 2 saturated carbocycles. The molecule has 0 amide bonds. The molecular weight excluding hydrogens is 877 g/mol. The van der Waals surface area contributed by atoms with E-state index in [4.69, 9.17) is 0 Å². The fraction of sp³-hybridized carbons (Fsp3) is 0.273. The highest BCUT2D eigenvalue weighted by molar-refractivity contribution is 7.09. The predicted molar refractivity (Wildman–Crippen MR) is 307 cm³/mol. The third-order valence-corrected chi connectivity index (χ3v) is 28.9. The van der Waals surface area contributed by atoms with Crippen molar-refractivity contribution in [1.82, 2.24) is 0 Å². The van der Waals surface area contributed by atoms with Gasteiger partial charge in [0.1, 0.15) is 0 Å². The zero-order chi connectivity index (χ0) is 47.4. The summed E-state index contributed by atoms with van der Waals surface area (Å²) in [5, 5.41) is 9.99. The molecule has 0 bridgehead atoms. The van der Waals surface area contributed by atoms with Crippen molar-refractivity contribution in [3.05, 3.63) is 198 Å². The highest BCUT2D eigenvalue weighted by atomic mass is 28.4. The lowest BCUT2D eigenvalue weighted by molar-refractivity contribution is 0.443. The third-order valence-electron chi connectivity index (χ3n) is 17.9. The van der Waals surface area contributed by atoms with E-state index in [-0.39, 0.29) is 4.66 Å². The molecule has 4 heteroatoms. The normalized spacial score (nSPS) is 18.7. The van der Waals surface area contributed by atoms with Gasteiger partial charge in [-0.15, -0.1) is 0 Å². The van der Waals surface area contributed by atoms with Crippen LogP contribution in [0.25, 0.3) is 43.4 Å². The molecule has 1 atom stereocenters. The van der Waals surface area contributed by atoms with E-state index in [9.17, 15) is 0 Å². The first-order chi connectivity index (χ1) is 34.1. The summed E-state index contributed by atoms with van der Waals surface area (Å²) in [4.78, 5) is 5.03. The first-order valence-corrected chi connectivity index (χ1v) is 33.1. The van der Waals surface area contributed by atoms with Crippen molar-refractivity contribution >= 4 is 87.8 Å². The van der Waals surface area contributed by atoms with Crippen LogP contribution >= 0.6 is 0 Å². The van der Waals surface area contributed by atoms with Crippen molar-refractivity contribution in [2.24, 2.45) is 0 Å². The van der Waals surface area contributed by atoms with Gasteiger partial charge in [0.2, 0.25) is 0 Å². The van der Waals surface area contributed by atoms with Crippen LogP contribution in [0.5, 0.6) is 0 Å². The Morgan fingerprint density at radius 1 is 0.443 bits per heavy atom. The Kier molecular flexibility index (Phi) is 10.5. The van der Waals surface area contributed by atoms with E-state index in [1.165, 1.54) is 148 Å². The van der Waals surface area contributed by atoms with Gasteiger partial charge in [0.25, 0.3) is 0 Å². The van der Waals surface area contributed by atoms with Crippen LogP contribution in [0.4, 0.5) is 34.1 Å². The van der Waals surface area contributed by atoms with Crippen molar-refractivity contribution in [2.45, 2.75) is 113 Å². The van der Waals surface area contributed by atoms with Gasteiger partial charge in [0.05, 0.1) is 16.1 Å². The molecule has 0 radical (unpaired) electrons. The van der Waals surface area contributed by atoms with Crippen LogP contribution in [0, 0.1) is 0 Å². The fourth-order valence-corrected chi connectivity index (χ4v) is 28.4. The maximum Gasteiger partial charge on any atom is 0.0942 e. The van der Waals surface area contributed by atoms with Crippen LogP contribution in [0.2, 0.25) is 32.7 Å². The van der Waals surface area contributed by atoms with Crippen LogP contribution in [0.15, 0.2) is 176 Å². The summed E-state index contributed by atoms with van der Waals surface area (Å²) in [6, 6.07) is 68.6. The minimum absolute atomic E-state index is 0.0363. The summed E-state index contributed by atoms with van der Waals surface area (Å²) in [6.45, 7) is 13.6. The van der Waals surface area contributed by atoms with E-state index in [0.29, 0.717) is 11.8 Å². The maximum atomic E-state index is 2.74. The number of nitrogens with zero attached hydrogens (tertiary/aromatic N) is 2. The largest absolute Gasteiger partial charge is 0.310 e. The zero-order valence-electron chi connectivity index (χ0n) is 41.9. The Bertz CT molecular complexity index is 3450. The number of hydrogen-bond donors (Lipinski definition) is 0. The molecule has 1 unspecified atom stereocenters. The molecule has 13 rings (SSSR count). The highest BCUT2D eigenvalue weighted by Crippen LogP contribution is 2.65. The topological polar surface area (TPSA) is 6.48 Å². The molecular formula is C66H66N2Si2. The van der Waals surface area contributed by atoms with Gasteiger partial charge < -0.3 is 9.80 Å². The lowest BCUT2D eigenvalue weighted by atomic mass is 9.84. The standard InChI is InChI=1S/C66H66N2Si2/c1-69(2,3)66-61-42-50-40-55(67(51-24-14-8-15-25-51)53-35-30-47(31-36-53)45-20-10-6-11-21-45)39-34-49(50)41-60(61)63-58-29-19-18-28-57(58)59-43-56(44-62(70(66,4)5)64(59)65(63)66)68(52-26-16-9-17-27-52)54-37-32-48(33-38-54)46-22-12-7-13-23-46/h8-9,14-19,24-46H,6-7,10-13,20-23H2,1-5H3. The minimum Gasteiger partial charge on any atom is -0.310 e. The zero-order valence-corrected chi connectivity index (χ0v) is 43.9. The van der Waals surface area contributed by atoms with Crippen molar-refractivity contribution < 1.29 is 0 Å². The van der Waals surface area contributed by atoms with Crippen molar-refractivity contribution in [2.75, 3.05) is 9.80 Å². The Hall–Kier alpha value is -6.21. The summed E-state index contributed by atoms with van der Waals surface area (Å²) in [6.07, 6.45) is 13.4. The number of benzene rings is 9. The van der Waals surface area contributed by atoms with Gasteiger partial charge in [-0.1, -0.05) is 168 Å². The molecule has 1 aliphatic heterocycles.